The highest BCUT2D eigenvalue weighted by Crippen LogP contribution is 2.08. The molecule has 0 aliphatic rings. The lowest BCUT2D eigenvalue weighted by molar-refractivity contribution is -0.558. The molecule has 108 valence electrons. The molecule has 2 aromatic carbocycles. The number of hydrogen-bond acceptors (Lipinski definition) is 4. The van der Waals surface area contributed by atoms with Crippen LogP contribution in [0.2, 0.25) is 0 Å². The monoisotopic (exact) mass is 295 g/mol. The van der Waals surface area contributed by atoms with Crippen molar-refractivity contribution < 1.29 is 9.16 Å². The van der Waals surface area contributed by atoms with Crippen LogP contribution in [0.4, 0.5) is 0 Å². The Morgan fingerprint density at radius 2 is 1.77 bits per heavy atom. The molecule has 0 saturated carbocycles. The zero-order valence-electron chi connectivity index (χ0n) is 11.3. The van der Waals surface area contributed by atoms with Gasteiger partial charge in [0.05, 0.1) is 16.3 Å². The van der Waals surface area contributed by atoms with Crippen molar-refractivity contribution in [2.75, 3.05) is 0 Å². The first-order chi connectivity index (χ1) is 10.5. The zero-order valence-corrected chi connectivity index (χ0v) is 11.3. The Morgan fingerprint density at radius 3 is 2.41 bits per heavy atom. The smallest absolute Gasteiger partial charge is 0.366 e. The first-order valence-electron chi connectivity index (χ1n) is 6.38. The molecule has 0 aliphatic heterocycles. The molecule has 0 fully saturated rings. The van der Waals surface area contributed by atoms with Gasteiger partial charge in [-0.1, -0.05) is 0 Å². The van der Waals surface area contributed by atoms with Crippen molar-refractivity contribution >= 4 is 27.7 Å². The molecule has 0 saturated heterocycles. The molecule has 0 aliphatic carbocycles. The van der Waals surface area contributed by atoms with Gasteiger partial charge >= 0.3 is 5.56 Å². The van der Waals surface area contributed by atoms with Crippen molar-refractivity contribution in [1.82, 2.24) is 4.98 Å². The maximum absolute atomic E-state index is 12.3. The van der Waals surface area contributed by atoms with Crippen molar-refractivity contribution in [2.45, 2.75) is 0 Å². The fourth-order valence-electron chi connectivity index (χ4n) is 2.22. The van der Waals surface area contributed by atoms with Crippen molar-refractivity contribution in [3.8, 4) is 0 Å². The van der Waals surface area contributed by atoms with Gasteiger partial charge in [0.25, 0.3) is 5.56 Å². The van der Waals surface area contributed by atoms with Crippen LogP contribution in [0, 0.1) is 5.53 Å². The number of hydrogen-bond donors (Lipinski definition) is 3. The van der Waals surface area contributed by atoms with E-state index in [-0.39, 0.29) is 16.3 Å². The Labute approximate surface area is 122 Å². The summed E-state index contributed by atoms with van der Waals surface area (Å²) in [6.07, 6.45) is 0. The van der Waals surface area contributed by atoms with E-state index in [0.717, 1.165) is 4.36 Å². The van der Waals surface area contributed by atoms with E-state index < -0.39 is 17.0 Å². The molecule has 4 N–H and O–H groups in total. The molecule has 22 heavy (non-hydrogen) atoms. The number of carbonyl (C=O) groups is 1. The Bertz CT molecular complexity index is 1100. The van der Waals surface area contributed by atoms with E-state index in [4.69, 9.17) is 11.3 Å². The lowest BCUT2D eigenvalue weighted by Gasteiger charge is -1.96. The normalized spacial score (nSPS) is 10.7. The number of nitrogens with zero attached hydrogens (tertiary/aromatic N) is 1. The average molecular weight is 295 g/mol. The minimum Gasteiger partial charge on any atom is -0.366 e. The number of aromatic amines is 1. The summed E-state index contributed by atoms with van der Waals surface area (Å²) < 4.78 is 0.725. The minimum atomic E-state index is -0.767. The molecule has 0 unspecified atom stereocenters. The maximum atomic E-state index is 12.3. The summed E-state index contributed by atoms with van der Waals surface area (Å²) in [5.41, 5.74) is 12.9. The Kier molecular flexibility index (Phi) is 3.03. The van der Waals surface area contributed by atoms with E-state index in [1.54, 1.807) is 24.3 Å². The number of rotatable bonds is 1. The molecule has 2 heterocycles. The van der Waals surface area contributed by atoms with Gasteiger partial charge in [0.1, 0.15) is 0 Å². The summed E-state index contributed by atoms with van der Waals surface area (Å²) in [6.45, 7) is 0. The van der Waals surface area contributed by atoms with Crippen LogP contribution in [0.5, 0.6) is 0 Å². The summed E-state index contributed by atoms with van der Waals surface area (Å²) in [7, 11) is 0. The molecule has 0 radical (unpaired) electrons. The molecule has 0 atom stereocenters. The van der Waals surface area contributed by atoms with E-state index in [1.807, 2.05) is 0 Å². The number of benzene rings is 2. The Morgan fingerprint density at radius 1 is 1.09 bits per heavy atom. The summed E-state index contributed by atoms with van der Waals surface area (Å²) in [6, 6.07) is 10.2. The number of amides is 1. The minimum absolute atomic E-state index is 0.00333. The van der Waals surface area contributed by atoms with Gasteiger partial charge in [-0.2, -0.15) is 0 Å². The summed E-state index contributed by atoms with van der Waals surface area (Å²) in [5.74, 6) is -0.767. The molecule has 7 nitrogen and oxygen atoms in total. The molecule has 4 bridgehead atoms. The topological polar surface area (TPSA) is 123 Å². The second-order valence-corrected chi connectivity index (χ2v) is 4.77. The second-order valence-electron chi connectivity index (χ2n) is 4.77. The Balaban J connectivity index is 2.72. The fraction of sp³-hybridized carbons (Fsp3) is 0. The highest BCUT2D eigenvalue weighted by Gasteiger charge is 2.11. The largest absolute Gasteiger partial charge is 0.449 e. The lowest BCUT2D eigenvalue weighted by atomic mass is 10.1. The van der Waals surface area contributed by atoms with Crippen LogP contribution in [0.1, 0.15) is 10.4 Å². The molecular weight excluding hydrogens is 284 g/mol. The van der Waals surface area contributed by atoms with E-state index in [2.05, 4.69) is 4.98 Å². The zero-order chi connectivity index (χ0) is 15.9. The molecule has 1 amide bonds. The third kappa shape index (κ3) is 2.14. The Hall–Kier alpha value is -3.35. The highest BCUT2D eigenvalue weighted by molar-refractivity contribution is 6.01. The second kappa shape index (κ2) is 4.88. The summed E-state index contributed by atoms with van der Waals surface area (Å²) in [4.78, 5) is 38.7. The number of nitrogens with one attached hydrogen (secondary N) is 2. The van der Waals surface area contributed by atoms with Gasteiger partial charge in [0.2, 0.25) is 11.4 Å². The van der Waals surface area contributed by atoms with Crippen molar-refractivity contribution in [1.29, 1.82) is 5.53 Å². The number of nitrogens with two attached hydrogens (primary N) is 1. The number of H-pyrrole nitrogens is 1. The lowest BCUT2D eigenvalue weighted by Crippen LogP contribution is -2.34. The van der Waals surface area contributed by atoms with Gasteiger partial charge < -0.3 is 10.7 Å². The van der Waals surface area contributed by atoms with Crippen LogP contribution in [0.25, 0.3) is 21.8 Å². The van der Waals surface area contributed by atoms with Gasteiger partial charge in [-0.3, -0.25) is 9.59 Å². The first-order valence-corrected chi connectivity index (χ1v) is 6.38. The van der Waals surface area contributed by atoms with Gasteiger partial charge in [0.15, 0.2) is 0 Å². The quantitative estimate of drug-likeness (QED) is 0.560. The summed E-state index contributed by atoms with van der Waals surface area (Å²) in [5, 5.41) is 0.117. The fourth-order valence-corrected chi connectivity index (χ4v) is 2.22. The van der Waals surface area contributed by atoms with E-state index in [9.17, 15) is 14.4 Å². The highest BCUT2D eigenvalue weighted by atomic mass is 16.1. The molecule has 4 rings (SSSR count). The van der Waals surface area contributed by atoms with Gasteiger partial charge in [-0.05, 0) is 40.2 Å². The van der Waals surface area contributed by atoms with Crippen molar-refractivity contribution in [2.24, 2.45) is 5.73 Å². The number of aromatic nitrogens is 2. The number of fused-ring (bicyclic) bond motifs is 4. The molecule has 2 aromatic heterocycles. The number of primary amides is 1. The van der Waals surface area contributed by atoms with Crippen LogP contribution in [-0.2, 0) is 0 Å². The molecule has 0 spiro atoms. The van der Waals surface area contributed by atoms with Crippen LogP contribution < -0.4 is 21.2 Å². The van der Waals surface area contributed by atoms with E-state index in [0.29, 0.717) is 11.0 Å². The molecule has 7 heteroatoms. The van der Waals surface area contributed by atoms with Crippen LogP contribution in [0.15, 0.2) is 52.1 Å². The third-order valence-corrected chi connectivity index (χ3v) is 3.36. The van der Waals surface area contributed by atoms with Gasteiger partial charge in [-0.25, -0.2) is 4.79 Å². The SMILES string of the molecule is N=[n+]1c(=O)c2ccc(C(N)=O)c(c2)c(=O)[nH]c2ccc1cc2. The molecule has 4 aromatic rings. The standard InChI is InChI=1S/C15H10N4O3/c16-13(20)11-6-1-8-7-12(11)14(21)18-9-2-4-10(5-3-9)19(17)15(8)22/h1-7H,(H3-,16,17,18,20,21)/p+1. The number of carbonyl (C=O) groups excluding carboxylic acids is 1. The first kappa shape index (κ1) is 13.6. The predicted molar refractivity (Wildman–Crippen MR) is 79.6 cm³/mol. The van der Waals surface area contributed by atoms with E-state index in [1.165, 1.54) is 18.2 Å². The average Bonchev–Trinajstić information content (AvgIpc) is 2.54. The van der Waals surface area contributed by atoms with Gasteiger partial charge in [0, 0.05) is 17.6 Å². The van der Waals surface area contributed by atoms with Crippen LogP contribution in [0.3, 0.4) is 0 Å². The van der Waals surface area contributed by atoms with E-state index >= 15 is 0 Å². The van der Waals surface area contributed by atoms with Crippen LogP contribution in [-0.4, -0.2) is 10.9 Å². The third-order valence-electron chi connectivity index (χ3n) is 3.36. The van der Waals surface area contributed by atoms with Crippen molar-refractivity contribution in [3.63, 3.8) is 0 Å². The van der Waals surface area contributed by atoms with Crippen LogP contribution >= 0.6 is 0 Å². The predicted octanol–water partition coefficient (Wildman–Crippen LogP) is 0.319. The maximum Gasteiger partial charge on any atom is 0.449 e. The summed E-state index contributed by atoms with van der Waals surface area (Å²) >= 11 is 0. The molecular formula is C15H11N4O3+. The van der Waals surface area contributed by atoms with Crippen molar-refractivity contribution in [3.05, 3.63) is 68.7 Å². The van der Waals surface area contributed by atoms with Gasteiger partial charge in [-0.15, -0.1) is 0 Å².